The lowest BCUT2D eigenvalue weighted by atomic mass is 9.70. The third-order valence-corrected chi connectivity index (χ3v) is 8.94. The molecule has 1 unspecified atom stereocenters. The molecule has 0 spiro atoms. The zero-order chi connectivity index (χ0) is 23.0. The van der Waals surface area contributed by atoms with E-state index < -0.39 is 5.92 Å². The Bertz CT molecular complexity index is 1180. The molecule has 6 nitrogen and oxygen atoms in total. The molecular formula is C23H25N5OS3. The van der Waals surface area contributed by atoms with Gasteiger partial charge in [0.2, 0.25) is 5.13 Å². The maximum absolute atomic E-state index is 13.5. The zero-order valence-corrected chi connectivity index (χ0v) is 20.8. The monoisotopic (exact) mass is 483 g/mol. The van der Waals surface area contributed by atoms with Crippen LogP contribution in [0, 0.1) is 16.7 Å². The molecule has 1 aliphatic carbocycles. The third kappa shape index (κ3) is 4.03. The quantitative estimate of drug-likeness (QED) is 0.435. The van der Waals surface area contributed by atoms with Crippen LogP contribution >= 0.6 is 34.4 Å². The van der Waals surface area contributed by atoms with Crippen molar-refractivity contribution in [3.63, 3.8) is 0 Å². The number of thiophene rings is 1. The van der Waals surface area contributed by atoms with E-state index in [9.17, 15) is 10.1 Å². The zero-order valence-electron chi connectivity index (χ0n) is 18.3. The van der Waals surface area contributed by atoms with Gasteiger partial charge in [0.1, 0.15) is 5.82 Å². The van der Waals surface area contributed by atoms with Gasteiger partial charge in [-0.3, -0.25) is 9.69 Å². The molecule has 1 atom stereocenters. The predicted molar refractivity (Wildman–Crippen MR) is 132 cm³/mol. The fourth-order valence-electron chi connectivity index (χ4n) is 4.23. The highest BCUT2D eigenvalue weighted by Crippen LogP contribution is 2.51. The lowest BCUT2D eigenvalue weighted by molar-refractivity contribution is -0.118. The summed E-state index contributed by atoms with van der Waals surface area (Å²) in [6, 6.07) is 6.42. The van der Waals surface area contributed by atoms with Crippen molar-refractivity contribution in [2.75, 3.05) is 10.7 Å². The second-order valence-corrected chi connectivity index (χ2v) is 12.0. The molecule has 2 aromatic heterocycles. The van der Waals surface area contributed by atoms with Gasteiger partial charge < -0.3 is 5.73 Å². The first-order valence-electron chi connectivity index (χ1n) is 10.4. The Morgan fingerprint density at radius 2 is 2.16 bits per heavy atom. The van der Waals surface area contributed by atoms with Crippen LogP contribution < -0.4 is 10.6 Å². The molecule has 166 valence electrons. The van der Waals surface area contributed by atoms with Crippen LogP contribution in [0.3, 0.4) is 0 Å². The number of Topliss-reactive ketones (excluding diaryl/α,β-unsaturated/α-hetero) is 1. The van der Waals surface area contributed by atoms with Crippen LogP contribution in [-0.4, -0.2) is 21.7 Å². The van der Waals surface area contributed by atoms with Gasteiger partial charge in [-0.1, -0.05) is 49.9 Å². The van der Waals surface area contributed by atoms with Gasteiger partial charge in [0.05, 0.1) is 17.6 Å². The highest BCUT2D eigenvalue weighted by molar-refractivity contribution is 8.01. The number of ketones is 1. The van der Waals surface area contributed by atoms with Crippen molar-refractivity contribution in [1.82, 2.24) is 10.2 Å². The standard InChI is InChI=1S/C23H25N5OS3/c1-5-9-30-22-27-26-21(32-22)28-15-10-23(3,4)11-16(29)19(15)18(14(12-24)20(28)25)17-8-7-13(6-2)31-17/h5,7-8,18H,1,6,9-11,25H2,2-4H3. The van der Waals surface area contributed by atoms with Gasteiger partial charge in [0, 0.05) is 33.2 Å². The van der Waals surface area contributed by atoms with E-state index >= 15 is 0 Å². The molecule has 0 radical (unpaired) electrons. The molecule has 9 heteroatoms. The Morgan fingerprint density at radius 3 is 2.81 bits per heavy atom. The summed E-state index contributed by atoms with van der Waals surface area (Å²) in [6.45, 7) is 10.0. The smallest absolute Gasteiger partial charge is 0.219 e. The molecule has 2 aromatic rings. The Kier molecular flexibility index (Phi) is 6.30. The first-order chi connectivity index (χ1) is 15.3. The second kappa shape index (κ2) is 8.85. The number of nitriles is 1. The number of nitrogens with two attached hydrogens (primary N) is 1. The van der Waals surface area contributed by atoms with Crippen molar-refractivity contribution in [3.05, 3.63) is 57.2 Å². The number of anilines is 1. The highest BCUT2D eigenvalue weighted by Gasteiger charge is 2.45. The average Bonchev–Trinajstić information content (AvgIpc) is 3.40. The van der Waals surface area contributed by atoms with Crippen LogP contribution in [0.4, 0.5) is 5.13 Å². The van der Waals surface area contributed by atoms with Crippen molar-refractivity contribution >= 4 is 45.4 Å². The SMILES string of the molecule is C=CCSc1nnc(N2C(N)=C(C#N)C(c3ccc(CC)s3)C3=C2CC(C)(C)CC3=O)s1. The summed E-state index contributed by atoms with van der Waals surface area (Å²) >= 11 is 4.60. The van der Waals surface area contributed by atoms with Crippen LogP contribution in [0.25, 0.3) is 0 Å². The van der Waals surface area contributed by atoms with Crippen molar-refractivity contribution < 1.29 is 4.79 Å². The van der Waals surface area contributed by atoms with E-state index in [2.05, 4.69) is 49.7 Å². The number of aromatic nitrogens is 2. The van der Waals surface area contributed by atoms with Gasteiger partial charge >= 0.3 is 0 Å². The molecule has 0 aromatic carbocycles. The second-order valence-electron chi connectivity index (χ2n) is 8.59. The molecule has 0 saturated carbocycles. The Morgan fingerprint density at radius 1 is 1.38 bits per heavy atom. The summed E-state index contributed by atoms with van der Waals surface area (Å²) in [5.41, 5.74) is 8.35. The lowest BCUT2D eigenvalue weighted by Crippen LogP contribution is -2.42. The van der Waals surface area contributed by atoms with E-state index in [4.69, 9.17) is 5.73 Å². The number of hydrogen-bond acceptors (Lipinski definition) is 9. The van der Waals surface area contributed by atoms with Gasteiger partial charge in [0.25, 0.3) is 0 Å². The lowest BCUT2D eigenvalue weighted by Gasteiger charge is -2.42. The molecule has 0 bridgehead atoms. The number of nitrogens with zero attached hydrogens (tertiary/aromatic N) is 4. The topological polar surface area (TPSA) is 95.9 Å². The van der Waals surface area contributed by atoms with E-state index in [0.717, 1.165) is 27.1 Å². The summed E-state index contributed by atoms with van der Waals surface area (Å²) in [4.78, 5) is 17.5. The van der Waals surface area contributed by atoms with Crippen LogP contribution in [0.5, 0.6) is 0 Å². The largest absolute Gasteiger partial charge is 0.384 e. The first kappa shape index (κ1) is 22.8. The average molecular weight is 484 g/mol. The maximum Gasteiger partial charge on any atom is 0.219 e. The molecule has 0 saturated heterocycles. The van der Waals surface area contributed by atoms with Crippen LogP contribution in [0.2, 0.25) is 0 Å². The molecule has 32 heavy (non-hydrogen) atoms. The number of rotatable bonds is 6. The van der Waals surface area contributed by atoms with Gasteiger partial charge in [0.15, 0.2) is 10.1 Å². The van der Waals surface area contributed by atoms with Crippen molar-refractivity contribution in [2.45, 2.75) is 50.3 Å². The van der Waals surface area contributed by atoms with Crippen molar-refractivity contribution in [3.8, 4) is 6.07 Å². The summed E-state index contributed by atoms with van der Waals surface area (Å²) in [5.74, 6) is 0.708. The number of thioether (sulfide) groups is 1. The summed E-state index contributed by atoms with van der Waals surface area (Å²) in [5, 5.41) is 19.4. The van der Waals surface area contributed by atoms with E-state index in [0.29, 0.717) is 34.9 Å². The van der Waals surface area contributed by atoms with Crippen LogP contribution in [0.15, 0.2) is 51.8 Å². The number of aryl methyl sites for hydroxylation is 1. The molecule has 2 aliphatic rings. The molecule has 4 rings (SSSR count). The van der Waals surface area contributed by atoms with E-state index in [1.54, 1.807) is 28.0 Å². The van der Waals surface area contributed by atoms with Crippen molar-refractivity contribution in [1.29, 1.82) is 5.26 Å². The number of allylic oxidation sites excluding steroid dienone is 3. The molecule has 3 heterocycles. The highest BCUT2D eigenvalue weighted by atomic mass is 32.2. The fraction of sp³-hybridized carbons (Fsp3) is 0.391. The number of carbonyl (C=O) groups excluding carboxylic acids is 1. The van der Waals surface area contributed by atoms with Crippen LogP contribution in [0.1, 0.15) is 49.3 Å². The minimum atomic E-state index is -0.428. The van der Waals surface area contributed by atoms with Gasteiger partial charge in [-0.25, -0.2) is 0 Å². The summed E-state index contributed by atoms with van der Waals surface area (Å²) in [6.07, 6.45) is 3.84. The minimum absolute atomic E-state index is 0.0729. The fourth-order valence-corrected chi connectivity index (χ4v) is 6.95. The van der Waals surface area contributed by atoms with E-state index in [-0.39, 0.29) is 11.2 Å². The number of hydrogen-bond donors (Lipinski definition) is 1. The van der Waals surface area contributed by atoms with Gasteiger partial charge in [-0.05, 0) is 30.4 Å². The first-order valence-corrected chi connectivity index (χ1v) is 13.0. The minimum Gasteiger partial charge on any atom is -0.384 e. The Hall–Kier alpha value is -2.41. The predicted octanol–water partition coefficient (Wildman–Crippen LogP) is 5.38. The maximum atomic E-state index is 13.5. The molecule has 0 amide bonds. The molecule has 0 fully saturated rings. The molecule has 2 N–H and O–H groups in total. The third-order valence-electron chi connectivity index (χ3n) is 5.61. The normalized spacial score (nSPS) is 20.4. The van der Waals surface area contributed by atoms with E-state index in [1.165, 1.54) is 16.2 Å². The van der Waals surface area contributed by atoms with Crippen LogP contribution in [-0.2, 0) is 11.2 Å². The Labute approximate surface area is 200 Å². The van der Waals surface area contributed by atoms with E-state index in [1.807, 2.05) is 12.1 Å². The molecular weight excluding hydrogens is 458 g/mol. The van der Waals surface area contributed by atoms with Gasteiger partial charge in [-0.2, -0.15) is 5.26 Å². The van der Waals surface area contributed by atoms with Crippen molar-refractivity contribution in [2.24, 2.45) is 11.1 Å². The number of carbonyl (C=O) groups is 1. The Balaban J connectivity index is 1.90. The summed E-state index contributed by atoms with van der Waals surface area (Å²) < 4.78 is 0.794. The van der Waals surface area contributed by atoms with Gasteiger partial charge in [-0.15, -0.1) is 28.1 Å². The molecule has 1 aliphatic heterocycles. The summed E-state index contributed by atoms with van der Waals surface area (Å²) in [7, 11) is 0.